The summed E-state index contributed by atoms with van der Waals surface area (Å²) in [6, 6.07) is 0. The van der Waals surface area contributed by atoms with Gasteiger partial charge in [0.25, 0.3) is 11.5 Å². The summed E-state index contributed by atoms with van der Waals surface area (Å²) in [6.45, 7) is 1.28. The molecule has 1 aliphatic heterocycles. The first-order chi connectivity index (χ1) is 13.5. The molecule has 1 amide bonds. The van der Waals surface area contributed by atoms with E-state index < -0.39 is 0 Å². The monoisotopic (exact) mass is 385 g/mol. The van der Waals surface area contributed by atoms with Gasteiger partial charge in [-0.05, 0) is 75.5 Å². The van der Waals surface area contributed by atoms with Crippen LogP contribution in [0.5, 0.6) is 0 Å². The van der Waals surface area contributed by atoms with Crippen molar-refractivity contribution in [2.24, 2.45) is 17.8 Å². The van der Waals surface area contributed by atoms with Gasteiger partial charge in [-0.1, -0.05) is 0 Å². The average molecular weight is 386 g/mol. The van der Waals surface area contributed by atoms with Crippen molar-refractivity contribution in [1.29, 1.82) is 0 Å². The maximum Gasteiger partial charge on any atom is 0.263 e. The molecular weight excluding hydrogens is 354 g/mol. The molecule has 4 saturated carbocycles. The SMILES string of the molecule is CN(CC1CCCCO1)C(=O)c1cnc(C23CC4CC(CC(C4)C2)C3)[nH]c1=O. The van der Waals surface area contributed by atoms with E-state index in [0.29, 0.717) is 6.54 Å². The van der Waals surface area contributed by atoms with Gasteiger partial charge in [0.1, 0.15) is 11.4 Å². The Morgan fingerprint density at radius 1 is 1.21 bits per heavy atom. The highest BCUT2D eigenvalue weighted by molar-refractivity contribution is 5.93. The Balaban J connectivity index is 1.34. The summed E-state index contributed by atoms with van der Waals surface area (Å²) in [5.41, 5.74) is -0.105. The maximum atomic E-state index is 12.8. The number of carbonyl (C=O) groups excluding carboxylic acids is 1. The molecule has 6 rings (SSSR count). The lowest BCUT2D eigenvalue weighted by Crippen LogP contribution is -2.50. The van der Waals surface area contributed by atoms with Crippen LogP contribution in [0.4, 0.5) is 0 Å². The van der Waals surface area contributed by atoms with Gasteiger partial charge in [-0.25, -0.2) is 4.98 Å². The fourth-order valence-electron chi connectivity index (χ4n) is 6.76. The fraction of sp³-hybridized carbons (Fsp3) is 0.773. The van der Waals surface area contributed by atoms with Gasteiger partial charge >= 0.3 is 0 Å². The quantitative estimate of drug-likeness (QED) is 0.865. The Hall–Kier alpha value is -1.69. The number of nitrogens with zero attached hydrogens (tertiary/aromatic N) is 2. The van der Waals surface area contributed by atoms with Crippen molar-refractivity contribution >= 4 is 5.91 Å². The maximum absolute atomic E-state index is 12.8. The van der Waals surface area contributed by atoms with E-state index in [4.69, 9.17) is 4.74 Å². The van der Waals surface area contributed by atoms with Gasteiger partial charge in [0, 0.05) is 31.8 Å². The van der Waals surface area contributed by atoms with Crippen LogP contribution in [0.15, 0.2) is 11.0 Å². The molecule has 1 N–H and O–H groups in total. The lowest BCUT2D eigenvalue weighted by molar-refractivity contribution is -0.00958. The summed E-state index contributed by atoms with van der Waals surface area (Å²) in [4.78, 5) is 34.9. The zero-order valence-electron chi connectivity index (χ0n) is 16.8. The highest BCUT2D eigenvalue weighted by Gasteiger charge is 2.53. The Labute approximate surface area is 166 Å². The number of aromatic nitrogens is 2. The second kappa shape index (κ2) is 6.97. The molecule has 5 aliphatic rings. The highest BCUT2D eigenvalue weighted by atomic mass is 16.5. The lowest BCUT2D eigenvalue weighted by Gasteiger charge is -2.56. The molecule has 6 heteroatoms. The van der Waals surface area contributed by atoms with Crippen LogP contribution in [-0.4, -0.2) is 47.1 Å². The molecule has 28 heavy (non-hydrogen) atoms. The number of amides is 1. The van der Waals surface area contributed by atoms with Crippen LogP contribution in [0.1, 0.15) is 74.0 Å². The largest absolute Gasteiger partial charge is 0.376 e. The van der Waals surface area contributed by atoms with Crippen molar-refractivity contribution in [1.82, 2.24) is 14.9 Å². The molecule has 152 valence electrons. The van der Waals surface area contributed by atoms with Crippen LogP contribution in [0, 0.1) is 17.8 Å². The van der Waals surface area contributed by atoms with Gasteiger partial charge in [0.2, 0.25) is 0 Å². The van der Waals surface area contributed by atoms with Gasteiger partial charge in [-0.15, -0.1) is 0 Å². The normalized spacial score (nSPS) is 36.5. The van der Waals surface area contributed by atoms with E-state index in [-0.39, 0.29) is 28.5 Å². The van der Waals surface area contributed by atoms with Gasteiger partial charge < -0.3 is 14.6 Å². The highest BCUT2D eigenvalue weighted by Crippen LogP contribution is 2.59. The molecule has 6 nitrogen and oxygen atoms in total. The van der Waals surface area contributed by atoms with Crippen molar-refractivity contribution in [3.05, 3.63) is 27.9 Å². The molecule has 0 aromatic carbocycles. The third kappa shape index (κ3) is 3.19. The second-order valence-electron chi connectivity index (χ2n) is 9.85. The number of carbonyl (C=O) groups is 1. The molecule has 5 fully saturated rings. The van der Waals surface area contributed by atoms with Crippen molar-refractivity contribution < 1.29 is 9.53 Å². The van der Waals surface area contributed by atoms with E-state index >= 15 is 0 Å². The van der Waals surface area contributed by atoms with Gasteiger partial charge in [-0.2, -0.15) is 0 Å². The van der Waals surface area contributed by atoms with Crippen LogP contribution in [-0.2, 0) is 10.2 Å². The van der Waals surface area contributed by atoms with E-state index in [1.165, 1.54) is 25.5 Å². The minimum absolute atomic E-state index is 0.0390. The third-order valence-corrected chi connectivity index (χ3v) is 7.67. The molecule has 0 spiro atoms. The van der Waals surface area contributed by atoms with Crippen LogP contribution in [0.2, 0.25) is 0 Å². The number of aromatic amines is 1. The first-order valence-electron chi connectivity index (χ1n) is 11.0. The number of rotatable bonds is 4. The molecule has 1 saturated heterocycles. The van der Waals surface area contributed by atoms with E-state index in [9.17, 15) is 9.59 Å². The van der Waals surface area contributed by atoms with E-state index in [1.807, 2.05) is 0 Å². The molecule has 4 aliphatic carbocycles. The number of likely N-dealkylation sites (N-methyl/N-ethyl adjacent to an activating group) is 1. The molecule has 1 aromatic rings. The molecule has 0 radical (unpaired) electrons. The minimum atomic E-state index is -0.290. The van der Waals surface area contributed by atoms with Crippen LogP contribution in [0.25, 0.3) is 0 Å². The Morgan fingerprint density at radius 2 is 1.89 bits per heavy atom. The van der Waals surface area contributed by atoms with Crippen LogP contribution < -0.4 is 5.56 Å². The van der Waals surface area contributed by atoms with E-state index in [1.54, 1.807) is 11.9 Å². The average Bonchev–Trinajstić information content (AvgIpc) is 2.67. The first-order valence-corrected chi connectivity index (χ1v) is 11.0. The predicted molar refractivity (Wildman–Crippen MR) is 105 cm³/mol. The third-order valence-electron chi connectivity index (χ3n) is 7.67. The number of hydrogen-bond donors (Lipinski definition) is 1. The lowest BCUT2D eigenvalue weighted by atomic mass is 9.49. The minimum Gasteiger partial charge on any atom is -0.376 e. The summed E-state index contributed by atoms with van der Waals surface area (Å²) in [6.07, 6.45) is 12.3. The summed E-state index contributed by atoms with van der Waals surface area (Å²) >= 11 is 0. The van der Waals surface area contributed by atoms with Crippen LogP contribution >= 0.6 is 0 Å². The topological polar surface area (TPSA) is 75.3 Å². The number of hydrogen-bond acceptors (Lipinski definition) is 4. The summed E-state index contributed by atoms with van der Waals surface area (Å²) < 4.78 is 5.73. The molecule has 1 unspecified atom stereocenters. The molecular formula is C22H31N3O3. The molecule has 4 bridgehead atoms. The molecule has 1 aromatic heterocycles. The number of ether oxygens (including phenoxy) is 1. The number of H-pyrrole nitrogens is 1. The Morgan fingerprint density at radius 3 is 2.46 bits per heavy atom. The zero-order valence-corrected chi connectivity index (χ0v) is 16.8. The van der Waals surface area contributed by atoms with Gasteiger partial charge in [0.05, 0.1) is 6.10 Å². The van der Waals surface area contributed by atoms with Crippen molar-refractivity contribution in [3.63, 3.8) is 0 Å². The first kappa shape index (κ1) is 18.3. The number of nitrogens with one attached hydrogen (secondary N) is 1. The smallest absolute Gasteiger partial charge is 0.263 e. The van der Waals surface area contributed by atoms with Crippen LogP contribution in [0.3, 0.4) is 0 Å². The summed E-state index contributed by atoms with van der Waals surface area (Å²) in [5, 5.41) is 0. The fourth-order valence-corrected chi connectivity index (χ4v) is 6.76. The van der Waals surface area contributed by atoms with E-state index in [0.717, 1.165) is 68.7 Å². The summed E-state index contributed by atoms with van der Waals surface area (Å²) in [5.74, 6) is 2.94. The Bertz CT molecular complexity index is 776. The summed E-state index contributed by atoms with van der Waals surface area (Å²) in [7, 11) is 1.74. The van der Waals surface area contributed by atoms with Crippen molar-refractivity contribution in [2.75, 3.05) is 20.2 Å². The van der Waals surface area contributed by atoms with Crippen molar-refractivity contribution in [2.45, 2.75) is 69.3 Å². The van der Waals surface area contributed by atoms with E-state index in [2.05, 4.69) is 9.97 Å². The predicted octanol–water partition coefficient (Wildman–Crippen LogP) is 2.88. The second-order valence-corrected chi connectivity index (χ2v) is 9.85. The zero-order chi connectivity index (χ0) is 19.3. The van der Waals surface area contributed by atoms with Gasteiger partial charge in [-0.3, -0.25) is 9.59 Å². The van der Waals surface area contributed by atoms with Crippen molar-refractivity contribution in [3.8, 4) is 0 Å². The standard InChI is InChI=1S/C22H31N3O3/c1-25(13-17-4-2-3-5-28-17)20(27)18-12-23-21(24-19(18)26)22-9-14-6-15(10-22)8-16(7-14)11-22/h12,14-17H,2-11,13H2,1H3,(H,23,24,26). The Kier molecular flexibility index (Phi) is 4.57. The molecule has 2 heterocycles. The van der Waals surface area contributed by atoms with Gasteiger partial charge in [0.15, 0.2) is 0 Å². The molecule has 1 atom stereocenters.